The lowest BCUT2D eigenvalue weighted by atomic mass is 9.93. The van der Waals surface area contributed by atoms with E-state index in [1.54, 1.807) is 20.8 Å². The quantitative estimate of drug-likeness (QED) is 0.386. The third-order valence-corrected chi connectivity index (χ3v) is 3.75. The summed E-state index contributed by atoms with van der Waals surface area (Å²) in [6.07, 6.45) is 4.44. The van der Waals surface area contributed by atoms with Crippen LogP contribution in [0.25, 0.3) is 6.08 Å². The molecule has 1 heterocycles. The van der Waals surface area contributed by atoms with Crippen molar-refractivity contribution >= 4 is 38.0 Å². The average Bonchev–Trinajstić information content (AvgIpc) is 2.47. The summed E-state index contributed by atoms with van der Waals surface area (Å²) in [6.45, 7) is 3.47. The lowest BCUT2D eigenvalue weighted by Gasteiger charge is -2.36. The lowest BCUT2D eigenvalue weighted by molar-refractivity contribution is 0.341. The van der Waals surface area contributed by atoms with E-state index >= 15 is 0 Å². The Hall–Kier alpha value is -1.40. The van der Waals surface area contributed by atoms with Crippen molar-refractivity contribution in [2.45, 2.75) is 4.90 Å². The molecule has 0 N–H and O–H groups in total. The summed E-state index contributed by atoms with van der Waals surface area (Å²) >= 11 is 4.51. The molecule has 0 amide bonds. The zero-order chi connectivity index (χ0) is 14.4. The van der Waals surface area contributed by atoms with Crippen molar-refractivity contribution < 1.29 is 9.53 Å². The second-order valence-electron chi connectivity index (χ2n) is 4.56. The summed E-state index contributed by atoms with van der Waals surface area (Å²) in [6, 6.07) is 6.07. The van der Waals surface area contributed by atoms with E-state index in [2.05, 4.69) is 23.6 Å². The molecule has 0 atom stereocenters. The highest BCUT2D eigenvalue weighted by Gasteiger charge is 2.19. The van der Waals surface area contributed by atoms with Crippen LogP contribution in [0.5, 0.6) is 0 Å². The minimum atomic E-state index is 0.844. The number of nitrogens with zero attached hydrogens (tertiary/aromatic N) is 2. The first-order chi connectivity index (χ1) is 9.76. The van der Waals surface area contributed by atoms with Crippen LogP contribution >= 0.6 is 12.6 Å². The molecule has 20 heavy (non-hydrogen) atoms. The van der Waals surface area contributed by atoms with E-state index in [0.717, 1.165) is 48.5 Å². The van der Waals surface area contributed by atoms with Gasteiger partial charge in [-0.15, -0.1) is 12.6 Å². The van der Waals surface area contributed by atoms with Crippen LogP contribution in [0, 0.1) is 0 Å². The number of ether oxygens (including phenoxy) is 1. The Balaban J connectivity index is 2.15. The van der Waals surface area contributed by atoms with E-state index < -0.39 is 0 Å². The highest BCUT2D eigenvalue weighted by molar-refractivity contribution is 7.80. The summed E-state index contributed by atoms with van der Waals surface area (Å²) in [7, 11) is 3.24. The molecule has 2 rings (SSSR count). The molecular formula is C14H18BN2O2S. The van der Waals surface area contributed by atoms with Crippen molar-refractivity contribution in [1.82, 2.24) is 4.81 Å². The molecule has 0 bridgehead atoms. The smallest absolute Gasteiger partial charge is 0.293 e. The van der Waals surface area contributed by atoms with Crippen molar-refractivity contribution in [3.63, 3.8) is 0 Å². The molecule has 0 spiro atoms. The number of carbonyl (C=O) groups excluding carboxylic acids is 1. The van der Waals surface area contributed by atoms with Crippen LogP contribution in [0.1, 0.15) is 5.56 Å². The van der Waals surface area contributed by atoms with Gasteiger partial charge in [0.1, 0.15) is 0 Å². The van der Waals surface area contributed by atoms with Crippen LogP contribution in [-0.2, 0) is 9.53 Å². The summed E-state index contributed by atoms with van der Waals surface area (Å²) in [5.41, 5.74) is 2.21. The van der Waals surface area contributed by atoms with Crippen molar-refractivity contribution in [3.05, 3.63) is 30.0 Å². The number of benzene rings is 1. The van der Waals surface area contributed by atoms with Gasteiger partial charge in [0.2, 0.25) is 0 Å². The maximum absolute atomic E-state index is 10.5. The molecule has 0 unspecified atom stereocenters. The van der Waals surface area contributed by atoms with E-state index in [-0.39, 0.29) is 0 Å². The number of carbonyl (C=O) groups is 1. The van der Waals surface area contributed by atoms with E-state index in [1.165, 1.54) is 0 Å². The largest absolute Gasteiger partial charge is 0.504 e. The molecule has 0 aliphatic carbocycles. The van der Waals surface area contributed by atoms with Gasteiger partial charge in [0, 0.05) is 42.3 Å². The summed E-state index contributed by atoms with van der Waals surface area (Å²) in [5, 5.41) is 0. The monoisotopic (exact) mass is 289 g/mol. The second kappa shape index (κ2) is 7.40. The SMILES string of the molecule is COC=Cc1c(S)cccc1N1CCN([B]C=O)CC1. The van der Waals surface area contributed by atoms with Gasteiger partial charge in [0.05, 0.1) is 19.6 Å². The summed E-state index contributed by atoms with van der Waals surface area (Å²) in [4.78, 5) is 15.8. The Labute approximate surface area is 126 Å². The van der Waals surface area contributed by atoms with Gasteiger partial charge in [-0.3, -0.25) is 0 Å². The number of rotatable bonds is 5. The number of piperazine rings is 1. The second-order valence-corrected chi connectivity index (χ2v) is 5.04. The standard InChI is InChI=1S/C14H18BN2O2S/c1-19-10-5-12-13(3-2-4-14(12)20)16-6-8-17(9-7-16)15-11-18/h2-5,10-11,20H,6-9H2,1H3. The van der Waals surface area contributed by atoms with Crippen LogP contribution in [0.2, 0.25) is 0 Å². The van der Waals surface area contributed by atoms with Gasteiger partial charge in [-0.1, -0.05) is 6.07 Å². The van der Waals surface area contributed by atoms with Crippen LogP contribution in [-0.4, -0.2) is 51.7 Å². The normalized spacial score (nSPS) is 16.4. The van der Waals surface area contributed by atoms with E-state index in [1.807, 2.05) is 23.0 Å². The third kappa shape index (κ3) is 3.58. The fourth-order valence-electron chi connectivity index (χ4n) is 2.32. The third-order valence-electron chi connectivity index (χ3n) is 3.36. The highest BCUT2D eigenvalue weighted by Crippen LogP contribution is 2.28. The topological polar surface area (TPSA) is 32.8 Å². The average molecular weight is 289 g/mol. The molecule has 0 saturated carbocycles. The Morgan fingerprint density at radius 1 is 1.30 bits per heavy atom. The predicted octanol–water partition coefficient (Wildman–Crippen LogP) is 1.52. The number of hydrogen-bond donors (Lipinski definition) is 1. The molecule has 1 aromatic rings. The minimum Gasteiger partial charge on any atom is -0.504 e. The van der Waals surface area contributed by atoms with Gasteiger partial charge in [-0.2, -0.15) is 0 Å². The molecule has 1 aliphatic heterocycles. The van der Waals surface area contributed by atoms with Gasteiger partial charge in [-0.25, -0.2) is 0 Å². The Kier molecular flexibility index (Phi) is 5.55. The summed E-state index contributed by atoms with van der Waals surface area (Å²) in [5.74, 6) is 0. The molecule has 105 valence electrons. The van der Waals surface area contributed by atoms with Gasteiger partial charge >= 0.3 is 0 Å². The molecular weight excluding hydrogens is 271 g/mol. The first-order valence-electron chi connectivity index (χ1n) is 6.55. The number of methoxy groups -OCH3 is 1. The van der Waals surface area contributed by atoms with Gasteiger partial charge in [-0.05, 0) is 18.2 Å². The van der Waals surface area contributed by atoms with E-state index in [0.29, 0.717) is 0 Å². The lowest BCUT2D eigenvalue weighted by Crippen LogP contribution is -2.48. The Morgan fingerprint density at radius 2 is 2.05 bits per heavy atom. The Bertz CT molecular complexity index is 488. The van der Waals surface area contributed by atoms with Crippen LogP contribution in [0.4, 0.5) is 5.69 Å². The van der Waals surface area contributed by atoms with Gasteiger partial charge in [0.25, 0.3) is 7.41 Å². The molecule has 1 saturated heterocycles. The zero-order valence-electron chi connectivity index (χ0n) is 11.5. The van der Waals surface area contributed by atoms with Crippen molar-refractivity contribution in [1.29, 1.82) is 0 Å². The minimum absolute atomic E-state index is 0.844. The number of thiol groups is 1. The first-order valence-corrected chi connectivity index (χ1v) is 7.00. The van der Waals surface area contributed by atoms with Crippen LogP contribution in [0.3, 0.4) is 0 Å². The maximum Gasteiger partial charge on any atom is 0.293 e. The molecule has 1 aliphatic rings. The number of anilines is 1. The first kappa shape index (κ1) is 15.0. The zero-order valence-corrected chi connectivity index (χ0v) is 12.4. The van der Waals surface area contributed by atoms with E-state index in [4.69, 9.17) is 4.74 Å². The van der Waals surface area contributed by atoms with Crippen LogP contribution < -0.4 is 4.90 Å². The van der Waals surface area contributed by atoms with Crippen molar-refractivity contribution in [2.75, 3.05) is 38.2 Å². The maximum atomic E-state index is 10.5. The van der Waals surface area contributed by atoms with Gasteiger partial charge < -0.3 is 19.2 Å². The summed E-state index contributed by atoms with van der Waals surface area (Å²) < 4.78 is 5.01. The van der Waals surface area contributed by atoms with Gasteiger partial charge in [0.15, 0.2) is 0 Å². The fourth-order valence-corrected chi connectivity index (χ4v) is 2.60. The molecule has 1 fully saturated rings. The highest BCUT2D eigenvalue weighted by atomic mass is 32.1. The number of hydrogen-bond acceptors (Lipinski definition) is 5. The molecule has 1 radical (unpaired) electrons. The molecule has 4 nitrogen and oxygen atoms in total. The van der Waals surface area contributed by atoms with Crippen molar-refractivity contribution in [2.24, 2.45) is 0 Å². The van der Waals surface area contributed by atoms with Crippen molar-refractivity contribution in [3.8, 4) is 0 Å². The fraction of sp³-hybridized carbons (Fsp3) is 0.357. The molecule has 6 heteroatoms. The van der Waals surface area contributed by atoms with E-state index in [9.17, 15) is 4.79 Å². The predicted molar refractivity (Wildman–Crippen MR) is 86.0 cm³/mol. The van der Waals surface area contributed by atoms with Crippen LogP contribution in [0.15, 0.2) is 29.4 Å². The molecule has 1 aromatic carbocycles. The molecule has 0 aromatic heterocycles. The Morgan fingerprint density at radius 3 is 2.70 bits per heavy atom.